The maximum absolute atomic E-state index is 12.0. The number of aromatic nitrogens is 4. The maximum atomic E-state index is 12.0. The normalized spacial score (nSPS) is 30.3. The lowest BCUT2D eigenvalue weighted by Gasteiger charge is -2.31. The van der Waals surface area contributed by atoms with Gasteiger partial charge in [-0.2, -0.15) is 24.2 Å². The van der Waals surface area contributed by atoms with Crippen LogP contribution in [0.5, 0.6) is 0 Å². The molecule has 1 aliphatic heterocycles. The average Bonchev–Trinajstić information content (AvgIpc) is 3.24. The maximum Gasteiger partial charge on any atom is 0.490 e. The van der Waals surface area contributed by atoms with Crippen molar-refractivity contribution in [2.75, 3.05) is 6.61 Å². The van der Waals surface area contributed by atoms with Gasteiger partial charge >= 0.3 is 23.5 Å². The van der Waals surface area contributed by atoms with Crippen LogP contribution in [0.15, 0.2) is 17.3 Å². The Labute approximate surface area is 193 Å². The Hall–Kier alpha value is -2.34. The van der Waals surface area contributed by atoms with Crippen molar-refractivity contribution in [3.63, 3.8) is 0 Å². The van der Waals surface area contributed by atoms with Crippen LogP contribution in [0.1, 0.15) is 12.6 Å². The number of imidazole rings is 1. The second-order valence-electron chi connectivity index (χ2n) is 7.09. The highest BCUT2D eigenvalue weighted by molar-refractivity contribution is 7.66. The Bertz CT molecular complexity index is 1440. The topological polar surface area (TPSA) is 300 Å². The summed E-state index contributed by atoms with van der Waals surface area (Å²) < 4.78 is 52.2. The number of fused-ring (bicyclic) bond motifs is 1. The molecule has 0 spiro atoms. The predicted molar refractivity (Wildman–Crippen MR) is 105 cm³/mol. The Morgan fingerprint density at radius 3 is 2.43 bits per heavy atom. The zero-order valence-electron chi connectivity index (χ0n) is 17.1. The molecule has 0 bridgehead atoms. The number of rotatable bonds is 8. The van der Waals surface area contributed by atoms with Gasteiger partial charge in [-0.1, -0.05) is 0 Å². The fourth-order valence-electron chi connectivity index (χ4n) is 3.33. The van der Waals surface area contributed by atoms with Gasteiger partial charge in [0.25, 0.3) is 5.56 Å². The fraction of sp³-hybridized carbons (Fsp3) is 0.462. The zero-order valence-corrected chi connectivity index (χ0v) is 19.8. The van der Waals surface area contributed by atoms with Gasteiger partial charge in [-0.15, -0.1) is 0 Å². The van der Waals surface area contributed by atoms with Crippen LogP contribution >= 0.6 is 23.5 Å². The van der Waals surface area contributed by atoms with Crippen molar-refractivity contribution in [3.05, 3.63) is 28.6 Å². The van der Waals surface area contributed by atoms with Crippen LogP contribution in [-0.2, 0) is 37.2 Å². The molecule has 2 aromatic heterocycles. The Morgan fingerprint density at radius 1 is 1.20 bits per heavy atom. The average molecular weight is 556 g/mol. The summed E-state index contributed by atoms with van der Waals surface area (Å²) in [6, 6.07) is 3.46. The molecule has 0 aromatic carbocycles. The van der Waals surface area contributed by atoms with Gasteiger partial charge in [0.05, 0.1) is 18.9 Å². The summed E-state index contributed by atoms with van der Waals surface area (Å²) in [4.78, 5) is 54.0. The van der Waals surface area contributed by atoms with Crippen molar-refractivity contribution in [3.8, 4) is 12.1 Å². The molecule has 0 saturated carbocycles. The molecule has 2 aromatic rings. The van der Waals surface area contributed by atoms with E-state index in [0.29, 0.717) is 0 Å². The van der Waals surface area contributed by atoms with Gasteiger partial charge in [0.1, 0.15) is 35.7 Å². The molecule has 0 radical (unpaired) electrons. The number of phosphoric ester groups is 1. The second kappa shape index (κ2) is 8.95. The molecule has 0 amide bonds. The molecule has 0 aliphatic carbocycles. The van der Waals surface area contributed by atoms with E-state index in [-0.39, 0.29) is 11.3 Å². The van der Waals surface area contributed by atoms with E-state index in [1.54, 1.807) is 12.1 Å². The smallest absolute Gasteiger partial charge is 0.388 e. The lowest BCUT2D eigenvalue weighted by Crippen LogP contribution is -2.45. The predicted octanol–water partition coefficient (Wildman–Crippen LogP) is -1.23. The third kappa shape index (κ3) is 5.00. The molecule has 1 fully saturated rings. The first-order valence-corrected chi connectivity index (χ1v) is 13.4. The molecule has 190 valence electrons. The van der Waals surface area contributed by atoms with Gasteiger partial charge in [-0.25, -0.2) is 23.2 Å². The fourth-order valence-corrected chi connectivity index (χ4v) is 6.36. The van der Waals surface area contributed by atoms with Crippen molar-refractivity contribution >= 4 is 29.1 Å². The van der Waals surface area contributed by atoms with Crippen LogP contribution in [-0.4, -0.2) is 63.1 Å². The minimum Gasteiger partial charge on any atom is -0.388 e. The highest BCUT2D eigenvalue weighted by Gasteiger charge is 2.67. The van der Waals surface area contributed by atoms with E-state index in [9.17, 15) is 43.9 Å². The molecule has 6 atom stereocenters. The molecule has 3 rings (SSSR count). The van der Waals surface area contributed by atoms with E-state index in [1.807, 2.05) is 0 Å². The molecule has 6 N–H and O–H groups in total. The van der Waals surface area contributed by atoms with E-state index in [4.69, 9.17) is 14.5 Å². The van der Waals surface area contributed by atoms with Gasteiger partial charge in [0, 0.05) is 0 Å². The molecule has 19 nitrogen and oxygen atoms in total. The second-order valence-corrected chi connectivity index (χ2v) is 11.5. The molecular formula is C13H15N6O13P3. The van der Waals surface area contributed by atoms with Crippen LogP contribution in [0.25, 0.3) is 5.65 Å². The van der Waals surface area contributed by atoms with Crippen LogP contribution in [0, 0.1) is 28.1 Å². The number of hydrogen-bond acceptors (Lipinski definition) is 13. The van der Waals surface area contributed by atoms with Crippen LogP contribution in [0.2, 0.25) is 0 Å². The minimum absolute atomic E-state index is 0.259. The standard InChI is InChI=1S/C13H15N6O13P3/c1-12(4-14)9(20)7(3-29-34(25,26)32-35(27,28)31-33(22,23)24)30-13(12,5-15)8-2-16-10-11(21)17-6-18-19(8)10/h2,6-7,9,20H,3H2,1H3,(H,25,26)(H,27,28)(H,17,18,21)(H2,22,23,24)/t7-,9-,12?,13+/m1/s1. The van der Waals surface area contributed by atoms with Gasteiger partial charge < -0.3 is 34.4 Å². The van der Waals surface area contributed by atoms with Crippen molar-refractivity contribution in [1.82, 2.24) is 19.6 Å². The third-order valence-electron chi connectivity index (χ3n) is 4.88. The number of ether oxygens (including phenoxy) is 1. The van der Waals surface area contributed by atoms with Gasteiger partial charge in [-0.05, 0) is 6.92 Å². The number of phosphoric acid groups is 3. The molecule has 3 unspecified atom stereocenters. The number of aromatic amines is 1. The Kier molecular flexibility index (Phi) is 6.97. The van der Waals surface area contributed by atoms with Crippen molar-refractivity contribution in [2.45, 2.75) is 24.7 Å². The van der Waals surface area contributed by atoms with Gasteiger partial charge in [0.15, 0.2) is 0 Å². The number of nitriles is 2. The largest absolute Gasteiger partial charge is 0.490 e. The zero-order chi connectivity index (χ0) is 26.4. The monoisotopic (exact) mass is 556 g/mol. The van der Waals surface area contributed by atoms with Crippen molar-refractivity contribution in [2.24, 2.45) is 5.41 Å². The third-order valence-corrected chi connectivity index (χ3v) is 8.68. The first-order valence-electron chi connectivity index (χ1n) is 8.89. The Balaban J connectivity index is 1.92. The molecule has 35 heavy (non-hydrogen) atoms. The number of H-pyrrole nitrogens is 1. The summed E-state index contributed by atoms with van der Waals surface area (Å²) in [5.74, 6) is 0. The minimum atomic E-state index is -5.81. The van der Waals surface area contributed by atoms with Gasteiger partial charge in [-0.3, -0.25) is 9.32 Å². The number of nitrogens with zero attached hydrogens (tertiary/aromatic N) is 5. The molecular weight excluding hydrogens is 541 g/mol. The molecule has 1 aliphatic rings. The van der Waals surface area contributed by atoms with Crippen LogP contribution in [0.3, 0.4) is 0 Å². The van der Waals surface area contributed by atoms with Crippen LogP contribution in [0.4, 0.5) is 0 Å². The summed E-state index contributed by atoms with van der Waals surface area (Å²) in [5.41, 5.74) is -5.74. The molecule has 22 heteroatoms. The summed E-state index contributed by atoms with van der Waals surface area (Å²) in [5, 5.41) is 34.4. The lowest BCUT2D eigenvalue weighted by atomic mass is 9.71. The number of hydrogen-bond donors (Lipinski definition) is 6. The highest BCUT2D eigenvalue weighted by atomic mass is 31.3. The van der Waals surface area contributed by atoms with Crippen molar-refractivity contribution in [1.29, 1.82) is 10.5 Å². The summed E-state index contributed by atoms with van der Waals surface area (Å²) >= 11 is 0. The first kappa shape index (κ1) is 27.3. The van der Waals surface area contributed by atoms with Crippen LogP contribution < -0.4 is 5.56 Å². The first-order chi connectivity index (χ1) is 16.0. The van der Waals surface area contributed by atoms with E-state index in [2.05, 4.69) is 28.2 Å². The van der Waals surface area contributed by atoms with E-state index >= 15 is 0 Å². The Morgan fingerprint density at radius 2 is 1.86 bits per heavy atom. The van der Waals surface area contributed by atoms with Gasteiger partial charge in [0.2, 0.25) is 11.2 Å². The number of nitrogens with one attached hydrogen (secondary N) is 1. The quantitative estimate of drug-likeness (QED) is 0.207. The molecule has 1 saturated heterocycles. The number of aliphatic hydroxyl groups excluding tert-OH is 1. The highest BCUT2D eigenvalue weighted by Crippen LogP contribution is 2.66. The van der Waals surface area contributed by atoms with E-state index < -0.39 is 58.9 Å². The van der Waals surface area contributed by atoms with Crippen molar-refractivity contribution < 1.29 is 56.3 Å². The number of aliphatic hydroxyl groups is 1. The summed E-state index contributed by atoms with van der Waals surface area (Å²) in [6.45, 7) is -0.0331. The summed E-state index contributed by atoms with van der Waals surface area (Å²) in [6.07, 6.45) is -1.69. The molecule has 3 heterocycles. The van der Waals surface area contributed by atoms with E-state index in [1.165, 1.54) is 0 Å². The van der Waals surface area contributed by atoms with E-state index in [0.717, 1.165) is 24.0 Å². The SMILES string of the molecule is CC1(C#N)[C@H](O)[C@@H](COP(=O)(O)OP(=O)(O)OP(=O)(O)O)O[C@@]1(C#N)c1cnc2c(=O)[nH]cnn12. The summed E-state index contributed by atoms with van der Waals surface area (Å²) in [7, 11) is -17.0. The lowest BCUT2D eigenvalue weighted by molar-refractivity contribution is -0.0575.